The van der Waals surface area contributed by atoms with Gasteiger partial charge in [-0.05, 0) is 42.8 Å². The molecule has 0 bridgehead atoms. The van der Waals surface area contributed by atoms with Crippen molar-refractivity contribution in [3.05, 3.63) is 77.6 Å². The molecule has 4 rings (SSSR count). The van der Waals surface area contributed by atoms with Crippen LogP contribution in [0.2, 0.25) is 0 Å². The Kier molecular flexibility index (Phi) is 6.81. The Hall–Kier alpha value is -3.88. The van der Waals surface area contributed by atoms with Crippen LogP contribution in [0.5, 0.6) is 5.75 Å². The van der Waals surface area contributed by atoms with Gasteiger partial charge in [-0.25, -0.2) is 14.2 Å². The van der Waals surface area contributed by atoms with Crippen LogP contribution in [0.25, 0.3) is 0 Å². The lowest BCUT2D eigenvalue weighted by Crippen LogP contribution is -2.52. The van der Waals surface area contributed by atoms with Crippen molar-refractivity contribution < 1.29 is 18.7 Å². The summed E-state index contributed by atoms with van der Waals surface area (Å²) in [5, 5.41) is 3.10. The summed E-state index contributed by atoms with van der Waals surface area (Å²) in [6.45, 7) is 3.25. The molecule has 3 aromatic rings. The van der Waals surface area contributed by atoms with E-state index in [-0.39, 0.29) is 11.8 Å². The maximum absolute atomic E-state index is 14.6. The summed E-state index contributed by atoms with van der Waals surface area (Å²) < 4.78 is 21.8. The molecule has 1 unspecified atom stereocenters. The smallest absolute Gasteiger partial charge is 0.318 e. The van der Waals surface area contributed by atoms with Gasteiger partial charge in [-0.15, -0.1) is 0 Å². The maximum atomic E-state index is 14.6. The number of urea groups is 1. The third-order valence-electron chi connectivity index (χ3n) is 6.07. The first kappa shape index (κ1) is 23.3. The molecular formula is C25H28FN5O3. The zero-order valence-electron chi connectivity index (χ0n) is 19.5. The minimum Gasteiger partial charge on any atom is -0.497 e. The molecule has 0 saturated carbocycles. The van der Waals surface area contributed by atoms with E-state index in [1.54, 1.807) is 30.3 Å². The second kappa shape index (κ2) is 9.94. The number of nitrogens with one attached hydrogen (secondary N) is 1. The Balaban J connectivity index is 1.46. The predicted molar refractivity (Wildman–Crippen MR) is 127 cm³/mol. The molecule has 1 fully saturated rings. The molecule has 0 aliphatic carbocycles. The fourth-order valence-electron chi connectivity index (χ4n) is 4.12. The van der Waals surface area contributed by atoms with Gasteiger partial charge in [-0.3, -0.25) is 4.79 Å². The molecular weight excluding hydrogens is 437 g/mol. The standard InChI is InChI=1S/C25H28FN5O3/c1-17(32)18-7-8-22(21(26)16-18)30-11-13-31(14-12-30)25(33)28-23(24-27-9-10-29(24)2)19-5-4-6-20(15-19)34-3/h4-10,15-16,23H,11-14H2,1-3H3,(H,28,33). The van der Waals surface area contributed by atoms with Crippen molar-refractivity contribution in [3.63, 3.8) is 0 Å². The number of benzene rings is 2. The summed E-state index contributed by atoms with van der Waals surface area (Å²) in [5.41, 5.74) is 1.64. The minimum absolute atomic E-state index is 0.176. The van der Waals surface area contributed by atoms with E-state index in [1.165, 1.54) is 13.0 Å². The summed E-state index contributed by atoms with van der Waals surface area (Å²) in [5.74, 6) is 0.786. The number of aromatic nitrogens is 2. The molecule has 1 saturated heterocycles. The van der Waals surface area contributed by atoms with Crippen LogP contribution in [0.15, 0.2) is 54.9 Å². The second-order valence-corrected chi connectivity index (χ2v) is 8.25. The van der Waals surface area contributed by atoms with Crippen molar-refractivity contribution in [1.29, 1.82) is 0 Å². The SMILES string of the molecule is COc1cccc(C(NC(=O)N2CCN(c3ccc(C(C)=O)cc3F)CC2)c2nccn2C)c1. The van der Waals surface area contributed by atoms with Gasteiger partial charge in [-0.2, -0.15) is 0 Å². The van der Waals surface area contributed by atoms with Crippen molar-refractivity contribution in [2.24, 2.45) is 7.05 Å². The van der Waals surface area contributed by atoms with E-state index < -0.39 is 11.9 Å². The highest BCUT2D eigenvalue weighted by Crippen LogP contribution is 2.26. The molecule has 178 valence electrons. The van der Waals surface area contributed by atoms with E-state index in [4.69, 9.17) is 4.74 Å². The lowest BCUT2D eigenvalue weighted by Gasteiger charge is -2.37. The van der Waals surface area contributed by atoms with Gasteiger partial charge < -0.3 is 24.4 Å². The van der Waals surface area contributed by atoms with Gasteiger partial charge in [-0.1, -0.05) is 12.1 Å². The fraction of sp³-hybridized carbons (Fsp3) is 0.320. The first-order chi connectivity index (χ1) is 16.4. The number of amides is 2. The third-order valence-corrected chi connectivity index (χ3v) is 6.07. The molecule has 2 aromatic carbocycles. The van der Waals surface area contributed by atoms with Crippen molar-refractivity contribution in [2.45, 2.75) is 13.0 Å². The van der Waals surface area contributed by atoms with Gasteiger partial charge in [0.05, 0.1) is 12.8 Å². The maximum Gasteiger partial charge on any atom is 0.318 e. The highest BCUT2D eigenvalue weighted by atomic mass is 19.1. The average Bonchev–Trinajstić information content (AvgIpc) is 3.27. The molecule has 0 radical (unpaired) electrons. The number of ketones is 1. The summed E-state index contributed by atoms with van der Waals surface area (Å²) in [6, 6.07) is 11.4. The van der Waals surface area contributed by atoms with E-state index in [0.29, 0.717) is 49.0 Å². The van der Waals surface area contributed by atoms with Crippen LogP contribution >= 0.6 is 0 Å². The summed E-state index contributed by atoms with van der Waals surface area (Å²) in [6.07, 6.45) is 3.53. The van der Waals surface area contributed by atoms with Gasteiger partial charge in [0.25, 0.3) is 0 Å². The van der Waals surface area contributed by atoms with Crippen LogP contribution in [0.3, 0.4) is 0 Å². The Bertz CT molecular complexity index is 1190. The number of nitrogens with zero attached hydrogens (tertiary/aromatic N) is 4. The molecule has 1 aromatic heterocycles. The summed E-state index contributed by atoms with van der Waals surface area (Å²) >= 11 is 0. The van der Waals surface area contributed by atoms with E-state index in [2.05, 4.69) is 10.3 Å². The molecule has 8 nitrogen and oxygen atoms in total. The number of hydrogen-bond donors (Lipinski definition) is 1. The minimum atomic E-state index is -0.461. The van der Waals surface area contributed by atoms with Crippen molar-refractivity contribution in [3.8, 4) is 5.75 Å². The Morgan fingerprint density at radius 2 is 1.88 bits per heavy atom. The largest absolute Gasteiger partial charge is 0.497 e. The number of piperazine rings is 1. The van der Waals surface area contributed by atoms with Crippen LogP contribution in [0, 0.1) is 5.82 Å². The Labute approximate surface area is 197 Å². The zero-order valence-corrected chi connectivity index (χ0v) is 19.5. The molecule has 34 heavy (non-hydrogen) atoms. The number of Topliss-reactive ketones (excluding diaryl/α,β-unsaturated/α-hetero) is 1. The van der Waals surface area contributed by atoms with Crippen molar-refractivity contribution >= 4 is 17.5 Å². The zero-order chi connectivity index (χ0) is 24.2. The van der Waals surface area contributed by atoms with Gasteiger partial charge in [0.1, 0.15) is 23.4 Å². The molecule has 1 atom stereocenters. The van der Waals surface area contributed by atoms with Crippen LogP contribution in [-0.4, -0.2) is 59.6 Å². The monoisotopic (exact) mass is 465 g/mol. The highest BCUT2D eigenvalue weighted by molar-refractivity contribution is 5.94. The predicted octanol–water partition coefficient (Wildman–Crippen LogP) is 3.39. The van der Waals surface area contributed by atoms with Crippen molar-refractivity contribution in [1.82, 2.24) is 19.8 Å². The Morgan fingerprint density at radius 3 is 2.50 bits per heavy atom. The quantitative estimate of drug-likeness (QED) is 0.565. The van der Waals surface area contributed by atoms with Crippen LogP contribution in [0.1, 0.15) is 34.7 Å². The summed E-state index contributed by atoms with van der Waals surface area (Å²) in [7, 11) is 3.48. The normalized spacial score (nSPS) is 14.6. The summed E-state index contributed by atoms with van der Waals surface area (Å²) in [4.78, 5) is 32.7. The van der Waals surface area contributed by atoms with E-state index in [9.17, 15) is 14.0 Å². The number of ether oxygens (including phenoxy) is 1. The third kappa shape index (κ3) is 4.88. The van der Waals surface area contributed by atoms with Crippen LogP contribution in [-0.2, 0) is 7.05 Å². The topological polar surface area (TPSA) is 79.7 Å². The highest BCUT2D eigenvalue weighted by Gasteiger charge is 2.27. The molecule has 1 aliphatic heterocycles. The van der Waals surface area contributed by atoms with Crippen molar-refractivity contribution in [2.75, 3.05) is 38.2 Å². The number of aryl methyl sites for hydroxylation is 1. The Morgan fingerprint density at radius 1 is 1.12 bits per heavy atom. The lowest BCUT2D eigenvalue weighted by atomic mass is 10.1. The number of hydrogen-bond acceptors (Lipinski definition) is 5. The van der Waals surface area contributed by atoms with E-state index in [1.807, 2.05) is 47.0 Å². The number of imidazole rings is 1. The molecule has 1 aliphatic rings. The molecule has 2 heterocycles. The molecule has 2 amide bonds. The first-order valence-electron chi connectivity index (χ1n) is 11.1. The number of anilines is 1. The molecule has 1 N–H and O–H groups in total. The van der Waals surface area contributed by atoms with Crippen LogP contribution < -0.4 is 15.0 Å². The number of halogens is 1. The van der Waals surface area contributed by atoms with Gasteiger partial charge in [0.2, 0.25) is 0 Å². The van der Waals surface area contributed by atoms with Gasteiger partial charge >= 0.3 is 6.03 Å². The lowest BCUT2D eigenvalue weighted by molar-refractivity contribution is 0.101. The average molecular weight is 466 g/mol. The first-order valence-corrected chi connectivity index (χ1v) is 11.1. The van der Waals surface area contributed by atoms with Crippen LogP contribution in [0.4, 0.5) is 14.9 Å². The van der Waals surface area contributed by atoms with E-state index >= 15 is 0 Å². The number of rotatable bonds is 6. The van der Waals surface area contributed by atoms with Gasteiger partial charge in [0.15, 0.2) is 5.78 Å². The second-order valence-electron chi connectivity index (χ2n) is 8.25. The number of carbonyl (C=O) groups excluding carboxylic acids is 2. The number of methoxy groups -OCH3 is 1. The van der Waals surface area contributed by atoms with Gasteiger partial charge in [0, 0.05) is 51.2 Å². The molecule has 9 heteroatoms. The molecule has 0 spiro atoms. The van der Waals surface area contributed by atoms with E-state index in [0.717, 1.165) is 5.56 Å². The fourth-order valence-corrected chi connectivity index (χ4v) is 4.12. The number of carbonyl (C=O) groups is 2.